The minimum Gasteiger partial charge on any atom is -0.356 e. The van der Waals surface area contributed by atoms with Crippen LogP contribution in [-0.2, 0) is 21.2 Å². The fraction of sp³-hybridized carbons (Fsp3) is 0.588. The number of sulfonamides is 1. The first kappa shape index (κ1) is 18.7. The Morgan fingerprint density at radius 1 is 1.29 bits per heavy atom. The summed E-state index contributed by atoms with van der Waals surface area (Å²) < 4.78 is 26.7. The van der Waals surface area contributed by atoms with Gasteiger partial charge in [-0.3, -0.25) is 9.10 Å². The number of benzene rings is 1. The number of anilines is 1. The lowest BCUT2D eigenvalue weighted by Crippen LogP contribution is -2.38. The fourth-order valence-electron chi connectivity index (χ4n) is 2.83. The minimum atomic E-state index is -3.47. The van der Waals surface area contributed by atoms with E-state index in [0.717, 1.165) is 37.1 Å². The minimum absolute atomic E-state index is 0.00294. The van der Waals surface area contributed by atoms with E-state index < -0.39 is 10.0 Å². The summed E-state index contributed by atoms with van der Waals surface area (Å²) in [6.07, 6.45) is 2.56. The smallest absolute Gasteiger partial charge is 0.235 e. The van der Waals surface area contributed by atoms with Crippen molar-refractivity contribution in [1.82, 2.24) is 10.2 Å². The van der Waals surface area contributed by atoms with Gasteiger partial charge in [0.15, 0.2) is 0 Å². The zero-order valence-corrected chi connectivity index (χ0v) is 15.3. The average molecular weight is 353 g/mol. The van der Waals surface area contributed by atoms with Crippen molar-refractivity contribution in [3.05, 3.63) is 29.8 Å². The highest BCUT2D eigenvalue weighted by Crippen LogP contribution is 2.29. The van der Waals surface area contributed by atoms with Gasteiger partial charge >= 0.3 is 0 Å². The zero-order chi connectivity index (χ0) is 17.6. The highest BCUT2D eigenvalue weighted by Gasteiger charge is 2.27. The topological polar surface area (TPSA) is 69.7 Å². The Hall–Kier alpha value is -1.60. The molecule has 1 amide bonds. The summed E-state index contributed by atoms with van der Waals surface area (Å²) in [6.45, 7) is 1.95. The monoisotopic (exact) mass is 353 g/mol. The quantitative estimate of drug-likeness (QED) is 0.714. The third-order valence-corrected chi connectivity index (χ3v) is 5.87. The summed E-state index contributed by atoms with van der Waals surface area (Å²) in [5, 5.41) is 2.78. The van der Waals surface area contributed by atoms with Crippen molar-refractivity contribution >= 4 is 21.6 Å². The first-order valence-corrected chi connectivity index (χ1v) is 10.0. The summed E-state index contributed by atoms with van der Waals surface area (Å²) >= 11 is 0. The van der Waals surface area contributed by atoms with Crippen LogP contribution in [0.5, 0.6) is 0 Å². The molecule has 0 atom stereocenters. The van der Waals surface area contributed by atoms with Gasteiger partial charge in [0.1, 0.15) is 0 Å². The summed E-state index contributed by atoms with van der Waals surface area (Å²) in [6, 6.07) is 7.59. The van der Waals surface area contributed by atoms with Crippen LogP contribution in [0.25, 0.3) is 0 Å². The maximum Gasteiger partial charge on any atom is 0.235 e. The van der Waals surface area contributed by atoms with E-state index in [1.807, 2.05) is 43.3 Å². The van der Waals surface area contributed by atoms with Crippen LogP contribution in [0.4, 0.5) is 5.69 Å². The predicted octanol–water partition coefficient (Wildman–Crippen LogP) is 1.23. The summed E-state index contributed by atoms with van der Waals surface area (Å²) in [5.41, 5.74) is 1.82. The molecule has 0 aromatic heterocycles. The molecule has 134 valence electrons. The Balaban J connectivity index is 1.87. The third kappa shape index (κ3) is 5.21. The van der Waals surface area contributed by atoms with Gasteiger partial charge in [0.2, 0.25) is 15.9 Å². The molecule has 0 spiro atoms. The molecule has 2 rings (SSSR count). The number of carbonyl (C=O) groups is 1. The standard InChI is InChI=1S/C17H27N3O3S/c1-19(2)12-6-11-18-17(21)10-14-24(22,23)20-13-5-8-15-7-3-4-9-16(15)20/h3-4,7,9H,5-6,8,10-14H2,1-2H3,(H,18,21). The molecule has 0 aliphatic carbocycles. The molecular formula is C17H27N3O3S. The Morgan fingerprint density at radius 3 is 2.79 bits per heavy atom. The summed E-state index contributed by atoms with van der Waals surface area (Å²) in [7, 11) is 0.483. The third-order valence-electron chi connectivity index (χ3n) is 4.09. The highest BCUT2D eigenvalue weighted by atomic mass is 32.2. The molecular weight excluding hydrogens is 326 g/mol. The molecule has 0 radical (unpaired) electrons. The van der Waals surface area contributed by atoms with E-state index in [-0.39, 0.29) is 18.1 Å². The van der Waals surface area contributed by atoms with Crippen molar-refractivity contribution in [3.63, 3.8) is 0 Å². The molecule has 1 heterocycles. The maximum atomic E-state index is 12.6. The first-order chi connectivity index (χ1) is 11.4. The molecule has 1 aromatic carbocycles. The fourth-order valence-corrected chi connectivity index (χ4v) is 4.38. The number of carbonyl (C=O) groups excluding carboxylic acids is 1. The largest absolute Gasteiger partial charge is 0.356 e. The van der Waals surface area contributed by atoms with Gasteiger partial charge in [0.25, 0.3) is 0 Å². The Bertz CT molecular complexity index is 659. The van der Waals surface area contributed by atoms with E-state index >= 15 is 0 Å². The highest BCUT2D eigenvalue weighted by molar-refractivity contribution is 7.92. The Morgan fingerprint density at radius 2 is 2.04 bits per heavy atom. The van der Waals surface area contributed by atoms with Crippen molar-refractivity contribution in [2.24, 2.45) is 0 Å². The molecule has 0 saturated heterocycles. The SMILES string of the molecule is CN(C)CCCNC(=O)CCS(=O)(=O)N1CCCc2ccccc21. The van der Waals surface area contributed by atoms with E-state index in [1.54, 1.807) is 0 Å². The van der Waals surface area contributed by atoms with Crippen LogP contribution in [0.15, 0.2) is 24.3 Å². The molecule has 0 bridgehead atoms. The molecule has 7 heteroatoms. The van der Waals surface area contributed by atoms with Gasteiger partial charge in [-0.15, -0.1) is 0 Å². The number of aryl methyl sites for hydroxylation is 1. The number of amides is 1. The van der Waals surface area contributed by atoms with Crippen LogP contribution in [0.2, 0.25) is 0 Å². The van der Waals surface area contributed by atoms with Crippen molar-refractivity contribution in [3.8, 4) is 0 Å². The van der Waals surface area contributed by atoms with E-state index in [2.05, 4.69) is 5.32 Å². The van der Waals surface area contributed by atoms with Crippen LogP contribution in [0.1, 0.15) is 24.8 Å². The molecule has 1 aliphatic heterocycles. The van der Waals surface area contributed by atoms with Crippen molar-refractivity contribution in [2.75, 3.05) is 43.8 Å². The zero-order valence-electron chi connectivity index (χ0n) is 14.5. The lowest BCUT2D eigenvalue weighted by molar-refractivity contribution is -0.120. The van der Waals surface area contributed by atoms with Gasteiger partial charge < -0.3 is 10.2 Å². The maximum absolute atomic E-state index is 12.6. The molecule has 6 nitrogen and oxygen atoms in total. The van der Waals surface area contributed by atoms with Gasteiger partial charge in [-0.2, -0.15) is 0 Å². The van der Waals surface area contributed by atoms with Gasteiger partial charge in [-0.25, -0.2) is 8.42 Å². The lowest BCUT2D eigenvalue weighted by atomic mass is 10.0. The second-order valence-electron chi connectivity index (χ2n) is 6.38. The normalized spacial score (nSPS) is 14.5. The number of hydrogen-bond acceptors (Lipinski definition) is 4. The number of nitrogens with zero attached hydrogens (tertiary/aromatic N) is 2. The van der Waals surface area contributed by atoms with Crippen LogP contribution < -0.4 is 9.62 Å². The molecule has 24 heavy (non-hydrogen) atoms. The second-order valence-corrected chi connectivity index (χ2v) is 8.39. The van der Waals surface area contributed by atoms with Crippen molar-refractivity contribution in [2.45, 2.75) is 25.7 Å². The second kappa shape index (κ2) is 8.48. The Labute approximate surface area is 144 Å². The number of hydrogen-bond donors (Lipinski definition) is 1. The average Bonchev–Trinajstić information content (AvgIpc) is 2.56. The lowest BCUT2D eigenvalue weighted by Gasteiger charge is -2.30. The molecule has 0 fully saturated rings. The first-order valence-electron chi connectivity index (χ1n) is 8.40. The van der Waals surface area contributed by atoms with E-state index in [1.165, 1.54) is 4.31 Å². The van der Waals surface area contributed by atoms with E-state index in [0.29, 0.717) is 13.1 Å². The predicted molar refractivity (Wildman–Crippen MR) is 96.7 cm³/mol. The van der Waals surface area contributed by atoms with Gasteiger partial charge in [-0.1, -0.05) is 18.2 Å². The van der Waals surface area contributed by atoms with E-state index in [4.69, 9.17) is 0 Å². The van der Waals surface area contributed by atoms with E-state index in [9.17, 15) is 13.2 Å². The van der Waals surface area contributed by atoms with Crippen molar-refractivity contribution in [1.29, 1.82) is 0 Å². The number of fused-ring (bicyclic) bond motifs is 1. The van der Waals surface area contributed by atoms with Crippen LogP contribution in [-0.4, -0.2) is 58.7 Å². The summed E-state index contributed by atoms with van der Waals surface area (Å²) in [5.74, 6) is -0.358. The number of rotatable bonds is 8. The van der Waals surface area contributed by atoms with Gasteiger partial charge in [0, 0.05) is 19.5 Å². The molecule has 1 N–H and O–H groups in total. The van der Waals surface area contributed by atoms with Gasteiger partial charge in [0.05, 0.1) is 11.4 Å². The number of para-hydroxylation sites is 1. The Kier molecular flexibility index (Phi) is 6.62. The summed E-state index contributed by atoms with van der Waals surface area (Å²) in [4.78, 5) is 13.9. The van der Waals surface area contributed by atoms with Crippen LogP contribution in [0.3, 0.4) is 0 Å². The van der Waals surface area contributed by atoms with Crippen molar-refractivity contribution < 1.29 is 13.2 Å². The molecule has 1 aromatic rings. The van der Waals surface area contributed by atoms with Crippen LogP contribution >= 0.6 is 0 Å². The number of nitrogens with one attached hydrogen (secondary N) is 1. The molecule has 1 aliphatic rings. The molecule has 0 saturated carbocycles. The van der Waals surface area contributed by atoms with Crippen LogP contribution in [0, 0.1) is 0 Å². The van der Waals surface area contributed by atoms with Gasteiger partial charge in [-0.05, 0) is 51.5 Å². The molecule has 0 unspecified atom stereocenters.